The van der Waals surface area contributed by atoms with Crippen LogP contribution in [0.3, 0.4) is 0 Å². The first-order chi connectivity index (χ1) is 7.74. The van der Waals surface area contributed by atoms with E-state index in [0.717, 1.165) is 18.8 Å². The average molecular weight is 229 g/mol. The first kappa shape index (κ1) is 13.5. The van der Waals surface area contributed by atoms with Crippen molar-refractivity contribution in [3.8, 4) is 0 Å². The third-order valence-electron chi connectivity index (χ3n) is 3.17. The summed E-state index contributed by atoms with van der Waals surface area (Å²) in [7, 11) is 0. The molecule has 0 atom stereocenters. The Balaban J connectivity index is 2.06. The monoisotopic (exact) mass is 229 g/mol. The molecule has 1 fully saturated rings. The first-order valence-electron chi connectivity index (χ1n) is 6.20. The average Bonchev–Trinajstić information content (AvgIpc) is 2.29. The van der Waals surface area contributed by atoms with Gasteiger partial charge in [-0.15, -0.1) is 0 Å². The van der Waals surface area contributed by atoms with Gasteiger partial charge in [0.2, 0.25) is 5.91 Å². The maximum Gasteiger partial charge on any atom is 0.223 e. The second-order valence-electron chi connectivity index (χ2n) is 4.58. The Kier molecular flexibility index (Phi) is 6.42. The molecule has 1 amide bonds. The van der Waals surface area contributed by atoms with Crippen molar-refractivity contribution in [3.05, 3.63) is 0 Å². The molecule has 1 aliphatic rings. The zero-order valence-corrected chi connectivity index (χ0v) is 10.1. The lowest BCUT2D eigenvalue weighted by molar-refractivity contribution is -0.126. The van der Waals surface area contributed by atoms with Crippen molar-refractivity contribution in [2.24, 2.45) is 11.8 Å². The summed E-state index contributed by atoms with van der Waals surface area (Å²) in [5.74, 6) is 1.14. The van der Waals surface area contributed by atoms with Crippen molar-refractivity contribution >= 4 is 5.91 Å². The highest BCUT2D eigenvalue weighted by Crippen LogP contribution is 2.28. The SMILES string of the molecule is CC1CCC(C(=O)NCCOCCO)CC1. The van der Waals surface area contributed by atoms with Gasteiger partial charge in [0.05, 0.1) is 19.8 Å². The van der Waals surface area contributed by atoms with E-state index in [1.807, 2.05) is 0 Å². The molecular formula is C12H23NO3. The van der Waals surface area contributed by atoms with Gasteiger partial charge in [-0.05, 0) is 31.6 Å². The van der Waals surface area contributed by atoms with Gasteiger partial charge in [-0.1, -0.05) is 6.92 Å². The van der Waals surface area contributed by atoms with Crippen LogP contribution in [0.25, 0.3) is 0 Å². The van der Waals surface area contributed by atoms with Gasteiger partial charge in [-0.3, -0.25) is 4.79 Å². The molecular weight excluding hydrogens is 206 g/mol. The molecule has 2 N–H and O–H groups in total. The van der Waals surface area contributed by atoms with Crippen LogP contribution < -0.4 is 5.32 Å². The van der Waals surface area contributed by atoms with Crippen LogP contribution in [-0.2, 0) is 9.53 Å². The predicted molar refractivity (Wildman–Crippen MR) is 62.0 cm³/mol. The molecule has 94 valence electrons. The summed E-state index contributed by atoms with van der Waals surface area (Å²) in [6, 6.07) is 0. The Morgan fingerprint density at radius 3 is 2.62 bits per heavy atom. The number of carbonyl (C=O) groups excluding carboxylic acids is 1. The highest BCUT2D eigenvalue weighted by atomic mass is 16.5. The Morgan fingerprint density at radius 2 is 2.00 bits per heavy atom. The zero-order chi connectivity index (χ0) is 11.8. The molecule has 0 aliphatic heterocycles. The number of hydrogen-bond acceptors (Lipinski definition) is 3. The second kappa shape index (κ2) is 7.63. The van der Waals surface area contributed by atoms with Gasteiger partial charge >= 0.3 is 0 Å². The van der Waals surface area contributed by atoms with Crippen LogP contribution in [0, 0.1) is 11.8 Å². The fraction of sp³-hybridized carbons (Fsp3) is 0.917. The third kappa shape index (κ3) is 4.94. The molecule has 0 aromatic heterocycles. The molecule has 1 saturated carbocycles. The highest BCUT2D eigenvalue weighted by Gasteiger charge is 2.23. The molecule has 0 spiro atoms. The molecule has 1 rings (SSSR count). The van der Waals surface area contributed by atoms with E-state index < -0.39 is 0 Å². The van der Waals surface area contributed by atoms with Crippen LogP contribution in [0.2, 0.25) is 0 Å². The maximum atomic E-state index is 11.7. The fourth-order valence-electron chi connectivity index (χ4n) is 2.08. The van der Waals surface area contributed by atoms with Crippen LogP contribution in [-0.4, -0.2) is 37.4 Å². The summed E-state index contributed by atoms with van der Waals surface area (Å²) in [4.78, 5) is 11.7. The van der Waals surface area contributed by atoms with Gasteiger partial charge in [-0.25, -0.2) is 0 Å². The quantitative estimate of drug-likeness (QED) is 0.666. The van der Waals surface area contributed by atoms with E-state index in [1.165, 1.54) is 12.8 Å². The number of carbonyl (C=O) groups is 1. The van der Waals surface area contributed by atoms with E-state index >= 15 is 0 Å². The molecule has 0 heterocycles. The van der Waals surface area contributed by atoms with Crippen LogP contribution in [0.5, 0.6) is 0 Å². The van der Waals surface area contributed by atoms with Gasteiger partial charge in [0.15, 0.2) is 0 Å². The molecule has 0 aromatic carbocycles. The van der Waals surface area contributed by atoms with E-state index in [4.69, 9.17) is 9.84 Å². The number of aliphatic hydroxyl groups is 1. The number of nitrogens with one attached hydrogen (secondary N) is 1. The summed E-state index contributed by atoms with van der Waals surface area (Å²) in [6.45, 7) is 3.66. The molecule has 0 radical (unpaired) electrons. The largest absolute Gasteiger partial charge is 0.394 e. The number of ether oxygens (including phenoxy) is 1. The van der Waals surface area contributed by atoms with Crippen molar-refractivity contribution < 1.29 is 14.6 Å². The van der Waals surface area contributed by atoms with Gasteiger partial charge in [0.1, 0.15) is 0 Å². The van der Waals surface area contributed by atoms with Crippen molar-refractivity contribution in [1.29, 1.82) is 0 Å². The number of hydrogen-bond donors (Lipinski definition) is 2. The Labute approximate surface area is 97.4 Å². The normalized spacial score (nSPS) is 25.4. The number of aliphatic hydroxyl groups excluding tert-OH is 1. The lowest BCUT2D eigenvalue weighted by Crippen LogP contribution is -2.35. The minimum Gasteiger partial charge on any atom is -0.394 e. The maximum absolute atomic E-state index is 11.7. The molecule has 4 heteroatoms. The number of rotatable bonds is 6. The fourth-order valence-corrected chi connectivity index (χ4v) is 2.08. The van der Waals surface area contributed by atoms with Gasteiger partial charge in [0.25, 0.3) is 0 Å². The summed E-state index contributed by atoms with van der Waals surface area (Å²) in [5, 5.41) is 11.4. The van der Waals surface area contributed by atoms with Gasteiger partial charge in [0, 0.05) is 12.5 Å². The minimum absolute atomic E-state index is 0.0362. The van der Waals surface area contributed by atoms with Gasteiger partial charge in [-0.2, -0.15) is 0 Å². The minimum atomic E-state index is 0.0362. The van der Waals surface area contributed by atoms with Crippen LogP contribution >= 0.6 is 0 Å². The molecule has 1 aliphatic carbocycles. The van der Waals surface area contributed by atoms with Crippen LogP contribution in [0.1, 0.15) is 32.6 Å². The molecule has 4 nitrogen and oxygen atoms in total. The lowest BCUT2D eigenvalue weighted by atomic mass is 9.82. The highest BCUT2D eigenvalue weighted by molar-refractivity contribution is 5.78. The van der Waals surface area contributed by atoms with E-state index in [-0.39, 0.29) is 18.4 Å². The molecule has 0 aromatic rings. The van der Waals surface area contributed by atoms with Crippen LogP contribution in [0.15, 0.2) is 0 Å². The van der Waals surface area contributed by atoms with E-state index in [2.05, 4.69) is 12.2 Å². The predicted octanol–water partition coefficient (Wildman–Crippen LogP) is 0.938. The van der Waals surface area contributed by atoms with Crippen molar-refractivity contribution in [2.75, 3.05) is 26.4 Å². The Morgan fingerprint density at radius 1 is 1.31 bits per heavy atom. The first-order valence-corrected chi connectivity index (χ1v) is 6.20. The third-order valence-corrected chi connectivity index (χ3v) is 3.17. The second-order valence-corrected chi connectivity index (χ2v) is 4.58. The van der Waals surface area contributed by atoms with E-state index in [9.17, 15) is 4.79 Å². The summed E-state index contributed by atoms with van der Waals surface area (Å²) < 4.78 is 5.07. The summed E-state index contributed by atoms with van der Waals surface area (Å²) >= 11 is 0. The molecule has 16 heavy (non-hydrogen) atoms. The van der Waals surface area contributed by atoms with Gasteiger partial charge < -0.3 is 15.2 Å². The van der Waals surface area contributed by atoms with Crippen molar-refractivity contribution in [1.82, 2.24) is 5.32 Å². The number of amides is 1. The summed E-state index contributed by atoms with van der Waals surface area (Å²) in [6.07, 6.45) is 4.37. The Hall–Kier alpha value is -0.610. The standard InChI is InChI=1S/C12H23NO3/c1-10-2-4-11(5-3-10)12(15)13-6-8-16-9-7-14/h10-11,14H,2-9H2,1H3,(H,13,15). The molecule has 0 saturated heterocycles. The zero-order valence-electron chi connectivity index (χ0n) is 10.1. The van der Waals surface area contributed by atoms with Crippen molar-refractivity contribution in [3.63, 3.8) is 0 Å². The lowest BCUT2D eigenvalue weighted by Gasteiger charge is -2.25. The topological polar surface area (TPSA) is 58.6 Å². The summed E-state index contributed by atoms with van der Waals surface area (Å²) in [5.41, 5.74) is 0. The molecule has 0 unspecified atom stereocenters. The smallest absolute Gasteiger partial charge is 0.223 e. The van der Waals surface area contributed by atoms with Crippen molar-refractivity contribution in [2.45, 2.75) is 32.6 Å². The van der Waals surface area contributed by atoms with E-state index in [1.54, 1.807) is 0 Å². The molecule has 0 bridgehead atoms. The van der Waals surface area contributed by atoms with E-state index in [0.29, 0.717) is 19.8 Å². The van der Waals surface area contributed by atoms with Crippen LogP contribution in [0.4, 0.5) is 0 Å². The Bertz CT molecular complexity index is 200.